The van der Waals surface area contributed by atoms with Crippen LogP contribution in [0.1, 0.15) is 72.5 Å². The first-order valence-corrected chi connectivity index (χ1v) is 11.8. The molecule has 2 amide bonds. The molecule has 0 radical (unpaired) electrons. The minimum Gasteiger partial charge on any atom is -0.461 e. The Kier molecular flexibility index (Phi) is 6.47. The molecule has 1 aliphatic carbocycles. The van der Waals surface area contributed by atoms with Gasteiger partial charge in [-0.15, -0.1) is 0 Å². The predicted octanol–water partition coefficient (Wildman–Crippen LogP) is 3.89. The lowest BCUT2D eigenvalue weighted by Crippen LogP contribution is -2.65. The average molecular weight is 473 g/mol. The molecule has 1 fully saturated rings. The van der Waals surface area contributed by atoms with Crippen LogP contribution in [0.4, 0.5) is 5.69 Å². The Morgan fingerprint density at radius 1 is 1.24 bits per heavy atom. The number of fused-ring (bicyclic) bond motifs is 1. The summed E-state index contributed by atoms with van der Waals surface area (Å²) in [7, 11) is 0. The van der Waals surface area contributed by atoms with Gasteiger partial charge in [0.15, 0.2) is 5.69 Å². The number of aryl methyl sites for hydroxylation is 1. The number of hydrogen-bond acceptors (Lipinski definition) is 5. The van der Waals surface area contributed by atoms with Crippen molar-refractivity contribution in [2.45, 2.75) is 71.0 Å². The van der Waals surface area contributed by atoms with Gasteiger partial charge in [0.1, 0.15) is 11.2 Å². The molecule has 1 unspecified atom stereocenters. The van der Waals surface area contributed by atoms with Gasteiger partial charge in [0.25, 0.3) is 5.91 Å². The number of ether oxygens (including phenoxy) is 1. The van der Waals surface area contributed by atoms with Crippen molar-refractivity contribution in [3.05, 3.63) is 46.2 Å². The monoisotopic (exact) mass is 472 g/mol. The molecule has 8 nitrogen and oxygen atoms in total. The molecular weight excluding hydrogens is 444 g/mol. The van der Waals surface area contributed by atoms with Crippen LogP contribution < -0.4 is 10.2 Å². The maximum Gasteiger partial charge on any atom is 0.358 e. The summed E-state index contributed by atoms with van der Waals surface area (Å²) in [4.78, 5) is 41.2. The SMILES string of the molecule is CCOC(=O)c1cc2n(n1)CC(C)(C(=O)NC1CCCCC1)N(c1cc(Cl)ccc1C)C2=O. The summed E-state index contributed by atoms with van der Waals surface area (Å²) >= 11 is 6.28. The van der Waals surface area contributed by atoms with Crippen LogP contribution in [0.3, 0.4) is 0 Å². The zero-order valence-corrected chi connectivity index (χ0v) is 19.9. The Hall–Kier alpha value is -2.87. The second kappa shape index (κ2) is 9.17. The first-order valence-electron chi connectivity index (χ1n) is 11.4. The van der Waals surface area contributed by atoms with Crippen molar-refractivity contribution >= 4 is 35.1 Å². The molecule has 2 heterocycles. The lowest BCUT2D eigenvalue weighted by atomic mass is 9.90. The molecule has 0 spiro atoms. The normalized spacial score (nSPS) is 21.0. The molecule has 2 aromatic rings. The van der Waals surface area contributed by atoms with Crippen LogP contribution in [0.5, 0.6) is 0 Å². The largest absolute Gasteiger partial charge is 0.461 e. The minimum atomic E-state index is -1.27. The molecule has 1 N–H and O–H groups in total. The van der Waals surface area contributed by atoms with E-state index < -0.39 is 17.4 Å². The Morgan fingerprint density at radius 2 is 1.97 bits per heavy atom. The van der Waals surface area contributed by atoms with Crippen molar-refractivity contribution in [1.82, 2.24) is 15.1 Å². The standard InChI is InChI=1S/C24H29ClN4O4/c1-4-33-22(31)18-13-20-21(30)29(19-12-16(25)11-10-15(19)2)24(3,14-28(20)27-18)23(32)26-17-8-6-5-7-9-17/h10-13,17H,4-9,14H2,1-3H3,(H,26,32). The number of hydrogen-bond donors (Lipinski definition) is 1. The number of carbonyl (C=O) groups is 3. The highest BCUT2D eigenvalue weighted by Crippen LogP contribution is 2.36. The zero-order chi connectivity index (χ0) is 23.8. The van der Waals surface area contributed by atoms with Gasteiger partial charge in [-0.2, -0.15) is 5.10 Å². The third-order valence-corrected chi connectivity index (χ3v) is 6.71. The summed E-state index contributed by atoms with van der Waals surface area (Å²) in [6, 6.07) is 6.76. The van der Waals surface area contributed by atoms with Crippen molar-refractivity contribution in [3.8, 4) is 0 Å². The van der Waals surface area contributed by atoms with Gasteiger partial charge in [-0.05, 0) is 51.3 Å². The Morgan fingerprint density at radius 3 is 2.67 bits per heavy atom. The van der Waals surface area contributed by atoms with Crippen LogP contribution in [0, 0.1) is 6.92 Å². The number of carbonyl (C=O) groups excluding carboxylic acids is 3. The molecule has 9 heteroatoms. The summed E-state index contributed by atoms with van der Waals surface area (Å²) in [6.07, 6.45) is 5.16. The maximum atomic E-state index is 13.8. The molecule has 1 aliphatic heterocycles. The molecule has 1 atom stereocenters. The third kappa shape index (κ3) is 4.36. The van der Waals surface area contributed by atoms with Crippen LogP contribution in [-0.4, -0.2) is 45.8 Å². The highest BCUT2D eigenvalue weighted by Gasteiger charge is 2.50. The van der Waals surface area contributed by atoms with Crippen molar-refractivity contribution < 1.29 is 19.1 Å². The van der Waals surface area contributed by atoms with Crippen molar-refractivity contribution in [3.63, 3.8) is 0 Å². The smallest absolute Gasteiger partial charge is 0.358 e. The highest BCUT2D eigenvalue weighted by atomic mass is 35.5. The van der Waals surface area contributed by atoms with Crippen LogP contribution in [0.25, 0.3) is 0 Å². The summed E-state index contributed by atoms with van der Waals surface area (Å²) in [5, 5.41) is 7.93. The lowest BCUT2D eigenvalue weighted by molar-refractivity contribution is -0.127. The molecule has 4 rings (SSSR count). The van der Waals surface area contributed by atoms with Gasteiger partial charge in [-0.3, -0.25) is 19.2 Å². The molecule has 1 aromatic carbocycles. The number of aromatic nitrogens is 2. The number of halogens is 1. The van der Waals surface area contributed by atoms with Crippen LogP contribution in [0.15, 0.2) is 24.3 Å². The van der Waals surface area contributed by atoms with E-state index in [1.54, 1.807) is 26.0 Å². The number of nitrogens with zero attached hydrogens (tertiary/aromatic N) is 3. The summed E-state index contributed by atoms with van der Waals surface area (Å²) in [6.45, 7) is 5.60. The zero-order valence-electron chi connectivity index (χ0n) is 19.2. The minimum absolute atomic E-state index is 0.0416. The van der Waals surface area contributed by atoms with Gasteiger partial charge in [-0.25, -0.2) is 4.79 Å². The number of anilines is 1. The van der Waals surface area contributed by atoms with E-state index in [1.165, 1.54) is 22.1 Å². The number of benzene rings is 1. The fourth-order valence-electron chi connectivity index (χ4n) is 4.68. The number of esters is 1. The average Bonchev–Trinajstić information content (AvgIpc) is 3.21. The van der Waals surface area contributed by atoms with Gasteiger partial charge in [0.05, 0.1) is 13.2 Å². The summed E-state index contributed by atoms with van der Waals surface area (Å²) < 4.78 is 6.49. The van der Waals surface area contributed by atoms with Crippen molar-refractivity contribution in [2.75, 3.05) is 11.5 Å². The van der Waals surface area contributed by atoms with Crippen LogP contribution >= 0.6 is 11.6 Å². The fourth-order valence-corrected chi connectivity index (χ4v) is 4.84. The number of nitrogens with one attached hydrogen (secondary N) is 1. The molecule has 33 heavy (non-hydrogen) atoms. The quantitative estimate of drug-likeness (QED) is 0.666. The molecular formula is C24H29ClN4O4. The highest BCUT2D eigenvalue weighted by molar-refractivity contribution is 6.31. The van der Waals surface area contributed by atoms with E-state index in [2.05, 4.69) is 10.4 Å². The van der Waals surface area contributed by atoms with E-state index in [-0.39, 0.29) is 36.5 Å². The number of amides is 2. The molecule has 1 aromatic heterocycles. The van der Waals surface area contributed by atoms with E-state index in [0.717, 1.165) is 31.2 Å². The van der Waals surface area contributed by atoms with E-state index >= 15 is 0 Å². The second-order valence-electron chi connectivity index (χ2n) is 8.95. The van der Waals surface area contributed by atoms with Gasteiger partial charge >= 0.3 is 5.97 Å². The molecule has 176 valence electrons. The first-order chi connectivity index (χ1) is 15.7. The number of rotatable bonds is 5. The fraction of sp³-hybridized carbons (Fsp3) is 0.500. The predicted molar refractivity (Wildman–Crippen MR) is 125 cm³/mol. The van der Waals surface area contributed by atoms with E-state index in [0.29, 0.717) is 10.7 Å². The summed E-state index contributed by atoms with van der Waals surface area (Å²) in [5.74, 6) is -1.28. The first kappa shape index (κ1) is 23.3. The maximum absolute atomic E-state index is 13.8. The summed E-state index contributed by atoms with van der Waals surface area (Å²) in [5.41, 5.74) is 0.358. The van der Waals surface area contributed by atoms with Crippen molar-refractivity contribution in [1.29, 1.82) is 0 Å². The van der Waals surface area contributed by atoms with E-state index in [4.69, 9.17) is 16.3 Å². The Bertz CT molecular complexity index is 1090. The Labute approximate surface area is 198 Å². The van der Waals surface area contributed by atoms with Crippen LogP contribution in [-0.2, 0) is 16.1 Å². The molecule has 0 bridgehead atoms. The second-order valence-corrected chi connectivity index (χ2v) is 9.38. The van der Waals surface area contributed by atoms with E-state index in [1.807, 2.05) is 13.0 Å². The third-order valence-electron chi connectivity index (χ3n) is 6.48. The molecule has 0 saturated heterocycles. The van der Waals surface area contributed by atoms with Gasteiger partial charge in [-0.1, -0.05) is 36.9 Å². The lowest BCUT2D eigenvalue weighted by Gasteiger charge is -2.44. The van der Waals surface area contributed by atoms with Gasteiger partial charge in [0.2, 0.25) is 5.91 Å². The molecule has 2 aliphatic rings. The van der Waals surface area contributed by atoms with E-state index in [9.17, 15) is 14.4 Å². The van der Waals surface area contributed by atoms with Crippen molar-refractivity contribution in [2.24, 2.45) is 0 Å². The van der Waals surface area contributed by atoms with Gasteiger partial charge < -0.3 is 10.1 Å². The topological polar surface area (TPSA) is 93.5 Å². The Balaban J connectivity index is 1.78. The molecule has 1 saturated carbocycles. The van der Waals surface area contributed by atoms with Crippen LogP contribution in [0.2, 0.25) is 5.02 Å². The van der Waals surface area contributed by atoms with Gasteiger partial charge in [0, 0.05) is 22.8 Å².